The number of carbonyl (C=O) groups excluding carboxylic acids is 2. The van der Waals surface area contributed by atoms with E-state index in [1.807, 2.05) is 0 Å². The van der Waals surface area contributed by atoms with Gasteiger partial charge in [-0.1, -0.05) is 12.1 Å². The van der Waals surface area contributed by atoms with Gasteiger partial charge in [0.15, 0.2) is 5.78 Å². The van der Waals surface area contributed by atoms with E-state index in [4.69, 9.17) is 4.74 Å². The highest BCUT2D eigenvalue weighted by molar-refractivity contribution is 6.05. The van der Waals surface area contributed by atoms with Crippen LogP contribution in [0.1, 0.15) is 45.8 Å². The number of amides is 1. The van der Waals surface area contributed by atoms with Crippen molar-refractivity contribution in [3.05, 3.63) is 58.5 Å². The molecule has 1 unspecified atom stereocenters. The number of benzene rings is 2. The highest BCUT2D eigenvalue weighted by atomic mass is 19.1. The number of rotatable bonds is 7. The first-order chi connectivity index (χ1) is 14.3. The minimum Gasteiger partial charge on any atom is -0.495 e. The summed E-state index contributed by atoms with van der Waals surface area (Å²) in [5.41, 5.74) is 2.13. The molecule has 0 saturated carbocycles. The highest BCUT2D eigenvalue weighted by Crippen LogP contribution is 2.32. The Morgan fingerprint density at radius 3 is 2.70 bits per heavy atom. The number of methoxy groups -OCH3 is 1. The number of ketones is 1. The van der Waals surface area contributed by atoms with Crippen LogP contribution in [-0.2, 0) is 0 Å². The van der Waals surface area contributed by atoms with Crippen molar-refractivity contribution < 1.29 is 23.8 Å². The molecule has 3 rings (SSSR count). The van der Waals surface area contributed by atoms with Gasteiger partial charge >= 0.3 is 0 Å². The van der Waals surface area contributed by atoms with Crippen LogP contribution in [0.3, 0.4) is 0 Å². The zero-order valence-electron chi connectivity index (χ0n) is 16.8. The Morgan fingerprint density at radius 1 is 1.27 bits per heavy atom. The highest BCUT2D eigenvalue weighted by Gasteiger charge is 2.19. The summed E-state index contributed by atoms with van der Waals surface area (Å²) in [6.45, 7) is 3.00. The molecule has 156 valence electrons. The fourth-order valence-corrected chi connectivity index (χ4v) is 3.05. The number of ether oxygens (including phenoxy) is 1. The molecular weight excluding hydrogens is 389 g/mol. The van der Waals surface area contributed by atoms with Crippen molar-refractivity contribution in [1.29, 1.82) is 0 Å². The maximum absolute atomic E-state index is 13.7. The summed E-state index contributed by atoms with van der Waals surface area (Å²) in [4.78, 5) is 24.1. The summed E-state index contributed by atoms with van der Waals surface area (Å²) in [5, 5.41) is 19.8. The molecule has 1 amide bonds. The van der Waals surface area contributed by atoms with E-state index in [9.17, 15) is 19.1 Å². The molecule has 0 fully saturated rings. The van der Waals surface area contributed by atoms with Gasteiger partial charge in [-0.05, 0) is 49.8 Å². The second-order valence-electron chi connectivity index (χ2n) is 6.87. The second kappa shape index (κ2) is 8.87. The second-order valence-corrected chi connectivity index (χ2v) is 6.87. The number of halogens is 1. The smallest absolute Gasteiger partial charge is 0.255 e. The number of H-pyrrole nitrogens is 1. The van der Waals surface area contributed by atoms with Gasteiger partial charge in [-0.25, -0.2) is 4.39 Å². The number of aliphatic hydroxyl groups excluding tert-OH is 1. The third-order valence-electron chi connectivity index (χ3n) is 4.52. The lowest BCUT2D eigenvalue weighted by Gasteiger charge is -2.11. The van der Waals surface area contributed by atoms with Crippen molar-refractivity contribution in [2.45, 2.75) is 20.0 Å². The van der Waals surface area contributed by atoms with E-state index >= 15 is 0 Å². The van der Waals surface area contributed by atoms with Crippen LogP contribution in [0.2, 0.25) is 0 Å². The van der Waals surface area contributed by atoms with Gasteiger partial charge < -0.3 is 15.2 Å². The fourth-order valence-electron chi connectivity index (χ4n) is 3.05. The normalized spacial score (nSPS) is 12.3. The average Bonchev–Trinajstić information content (AvgIpc) is 3.13. The molecule has 1 aromatic heterocycles. The molecule has 3 N–H and O–H groups in total. The van der Waals surface area contributed by atoms with Gasteiger partial charge in [0.2, 0.25) is 0 Å². The minimum atomic E-state index is -0.674. The first-order valence-electron chi connectivity index (χ1n) is 9.31. The molecule has 7 nitrogen and oxygen atoms in total. The molecule has 8 heteroatoms. The topological polar surface area (TPSA) is 104 Å². The number of aliphatic hydroxyl groups is 1. The molecule has 0 bridgehead atoms. The van der Waals surface area contributed by atoms with Crippen molar-refractivity contribution in [1.82, 2.24) is 15.5 Å². The lowest BCUT2D eigenvalue weighted by atomic mass is 10.0. The first kappa shape index (κ1) is 21.2. The molecule has 0 spiro atoms. The lowest BCUT2D eigenvalue weighted by molar-refractivity contribution is 0.0920. The van der Waals surface area contributed by atoms with Gasteiger partial charge in [0.25, 0.3) is 5.91 Å². The van der Waals surface area contributed by atoms with Crippen molar-refractivity contribution in [2.24, 2.45) is 0 Å². The Hall–Kier alpha value is -3.52. The molecule has 0 aliphatic heterocycles. The summed E-state index contributed by atoms with van der Waals surface area (Å²) in [7, 11) is 1.46. The number of hydrogen-bond donors (Lipinski definition) is 3. The SMILES string of the molecule is COc1c(C(=O)NCC(C)O)ccc2[nH]nc(/C=C/c3ccc(F)c(C(C)=O)c3)c12. The molecule has 1 atom stereocenters. The number of fused-ring (bicyclic) bond motifs is 1. The van der Waals surface area contributed by atoms with Crippen LogP contribution in [0.4, 0.5) is 4.39 Å². The first-order valence-corrected chi connectivity index (χ1v) is 9.31. The van der Waals surface area contributed by atoms with E-state index < -0.39 is 11.9 Å². The molecule has 3 aromatic rings. The summed E-state index contributed by atoms with van der Waals surface area (Å²) < 4.78 is 19.2. The van der Waals surface area contributed by atoms with Crippen LogP contribution >= 0.6 is 0 Å². The van der Waals surface area contributed by atoms with Crippen LogP contribution in [0.25, 0.3) is 23.1 Å². The van der Waals surface area contributed by atoms with E-state index in [1.54, 1.807) is 37.3 Å². The third-order valence-corrected chi connectivity index (χ3v) is 4.52. The molecule has 0 aliphatic rings. The summed E-state index contributed by atoms with van der Waals surface area (Å²) in [5.74, 6) is -0.968. The molecule has 0 radical (unpaired) electrons. The maximum atomic E-state index is 13.7. The summed E-state index contributed by atoms with van der Waals surface area (Å²) >= 11 is 0. The summed E-state index contributed by atoms with van der Waals surface area (Å²) in [6, 6.07) is 7.59. The largest absolute Gasteiger partial charge is 0.495 e. The van der Waals surface area contributed by atoms with Gasteiger partial charge in [0.05, 0.1) is 40.9 Å². The van der Waals surface area contributed by atoms with Gasteiger partial charge in [0, 0.05) is 6.54 Å². The van der Waals surface area contributed by atoms with Crippen LogP contribution < -0.4 is 10.1 Å². The van der Waals surface area contributed by atoms with Crippen molar-refractivity contribution in [2.75, 3.05) is 13.7 Å². The number of Topliss-reactive ketones (excluding diaryl/α,β-unsaturated/α-hetero) is 1. The number of carbonyl (C=O) groups is 2. The summed E-state index contributed by atoms with van der Waals surface area (Å²) in [6.07, 6.45) is 2.71. The van der Waals surface area contributed by atoms with Crippen molar-refractivity contribution in [3.8, 4) is 5.75 Å². The van der Waals surface area contributed by atoms with Gasteiger partial charge in [-0.2, -0.15) is 5.10 Å². The van der Waals surface area contributed by atoms with Crippen molar-refractivity contribution in [3.63, 3.8) is 0 Å². The Kier molecular flexibility index (Phi) is 6.27. The zero-order chi connectivity index (χ0) is 21.8. The number of aromatic amines is 1. The third kappa shape index (κ3) is 4.38. The molecule has 30 heavy (non-hydrogen) atoms. The van der Waals surface area contributed by atoms with Crippen LogP contribution in [-0.4, -0.2) is 46.8 Å². The number of aromatic nitrogens is 2. The van der Waals surface area contributed by atoms with E-state index in [-0.39, 0.29) is 23.8 Å². The maximum Gasteiger partial charge on any atom is 0.255 e. The number of nitrogens with zero attached hydrogens (tertiary/aromatic N) is 1. The number of nitrogens with one attached hydrogen (secondary N) is 2. The number of hydrogen-bond acceptors (Lipinski definition) is 5. The van der Waals surface area contributed by atoms with Gasteiger partial charge in [-0.3, -0.25) is 14.7 Å². The minimum absolute atomic E-state index is 0.0127. The van der Waals surface area contributed by atoms with Gasteiger partial charge in [-0.15, -0.1) is 0 Å². The predicted molar refractivity (Wildman–Crippen MR) is 112 cm³/mol. The Labute approximate surface area is 172 Å². The lowest BCUT2D eigenvalue weighted by Crippen LogP contribution is -2.30. The standard InChI is InChI=1S/C22H22FN3O4/c1-12(27)11-24-22(29)15-6-9-19-20(21(15)30-3)18(25-26-19)8-5-14-4-7-17(23)16(10-14)13(2)28/h4-10,12,27H,11H2,1-3H3,(H,24,29)(H,25,26)/b8-5+. The predicted octanol–water partition coefficient (Wildman–Crippen LogP) is 3.19. The molecule has 0 aliphatic carbocycles. The van der Waals surface area contributed by atoms with E-state index in [0.29, 0.717) is 33.5 Å². The molecular formula is C22H22FN3O4. The van der Waals surface area contributed by atoms with Gasteiger partial charge in [0.1, 0.15) is 11.6 Å². The Morgan fingerprint density at radius 2 is 2.03 bits per heavy atom. The Bertz CT molecular complexity index is 1130. The molecule has 0 saturated heterocycles. The molecule has 1 heterocycles. The molecule has 2 aromatic carbocycles. The van der Waals surface area contributed by atoms with Crippen molar-refractivity contribution >= 4 is 34.7 Å². The van der Waals surface area contributed by atoms with E-state index in [2.05, 4.69) is 15.5 Å². The van der Waals surface area contributed by atoms with E-state index in [1.165, 1.54) is 26.2 Å². The monoisotopic (exact) mass is 411 g/mol. The van der Waals surface area contributed by atoms with Crippen LogP contribution in [0.15, 0.2) is 30.3 Å². The Balaban J connectivity index is 2.00. The fraction of sp³-hybridized carbons (Fsp3) is 0.227. The average molecular weight is 411 g/mol. The zero-order valence-corrected chi connectivity index (χ0v) is 16.8. The van der Waals surface area contributed by atoms with Crippen LogP contribution in [0.5, 0.6) is 5.75 Å². The quantitative estimate of drug-likeness (QED) is 0.518. The van der Waals surface area contributed by atoms with Crippen LogP contribution in [0, 0.1) is 5.82 Å². The van der Waals surface area contributed by atoms with E-state index in [0.717, 1.165) is 0 Å².